The molecule has 0 radical (unpaired) electrons. The van der Waals surface area contributed by atoms with Gasteiger partial charge in [0.2, 0.25) is 10.0 Å². The van der Waals surface area contributed by atoms with Crippen LogP contribution in [0, 0.1) is 18.6 Å². The first kappa shape index (κ1) is 25.5. The highest BCUT2D eigenvalue weighted by molar-refractivity contribution is 7.89. The van der Waals surface area contributed by atoms with Crippen LogP contribution in [0.4, 0.5) is 8.78 Å². The second kappa shape index (κ2) is 10.5. The molecular formula is C24H25F2N5O4S. The van der Waals surface area contributed by atoms with Crippen LogP contribution in [-0.4, -0.2) is 45.7 Å². The van der Waals surface area contributed by atoms with Crippen LogP contribution in [0.1, 0.15) is 34.2 Å². The third-order valence-corrected chi connectivity index (χ3v) is 6.98. The lowest BCUT2D eigenvalue weighted by molar-refractivity contribution is 0.0986. The number of ether oxygens (including phenoxy) is 1. The second-order valence-electron chi connectivity index (χ2n) is 8.11. The molecule has 0 spiro atoms. The molecule has 0 amide bonds. The zero-order valence-corrected chi connectivity index (χ0v) is 20.6. The molecule has 1 N–H and O–H groups in total. The summed E-state index contributed by atoms with van der Waals surface area (Å²) >= 11 is 0. The van der Waals surface area contributed by atoms with Crippen molar-refractivity contribution in [1.82, 2.24) is 23.9 Å². The quantitative estimate of drug-likeness (QED) is 0.307. The minimum absolute atomic E-state index is 0.00268. The molecule has 3 aromatic heterocycles. The van der Waals surface area contributed by atoms with Gasteiger partial charge in [-0.1, -0.05) is 6.07 Å². The van der Waals surface area contributed by atoms with E-state index in [2.05, 4.69) is 14.8 Å². The Labute approximate surface area is 206 Å². The third-order valence-electron chi connectivity index (χ3n) is 5.58. The lowest BCUT2D eigenvalue weighted by atomic mass is 10.1. The number of hydrogen-bond acceptors (Lipinski definition) is 6. The number of pyridine rings is 1. The van der Waals surface area contributed by atoms with E-state index in [4.69, 9.17) is 4.74 Å². The Kier molecular flexibility index (Phi) is 7.45. The van der Waals surface area contributed by atoms with Crippen molar-refractivity contribution < 1.29 is 26.7 Å². The molecule has 0 fully saturated rings. The smallest absolute Gasteiger partial charge is 0.211 e. The highest BCUT2D eigenvalue weighted by Gasteiger charge is 2.20. The predicted octanol–water partition coefficient (Wildman–Crippen LogP) is 3.06. The van der Waals surface area contributed by atoms with Crippen molar-refractivity contribution in [2.24, 2.45) is 0 Å². The topological polar surface area (TPSA) is 108 Å². The summed E-state index contributed by atoms with van der Waals surface area (Å²) in [5.74, 6) is -1.34. The number of nitrogens with one attached hydrogen (secondary N) is 1. The standard InChI is InChI=1S/C24H25F2N5O4S/c1-3-36(33,34)28-9-11-30-14-17(13-27-30)12-21(32)23-16(2)29-24-22(8-5-10-31(23)24)35-15-18-19(25)6-4-7-20(18)26/h4-8,10,13-14,28H,3,9,11-12,15H2,1-2H3. The van der Waals surface area contributed by atoms with Crippen LogP contribution in [0.15, 0.2) is 48.9 Å². The lowest BCUT2D eigenvalue weighted by Crippen LogP contribution is -2.28. The highest BCUT2D eigenvalue weighted by Crippen LogP contribution is 2.25. The van der Waals surface area contributed by atoms with E-state index in [0.717, 1.165) is 12.1 Å². The van der Waals surface area contributed by atoms with E-state index in [1.807, 2.05) is 0 Å². The van der Waals surface area contributed by atoms with Gasteiger partial charge in [-0.05, 0) is 43.7 Å². The molecule has 12 heteroatoms. The first-order chi connectivity index (χ1) is 17.2. The maximum atomic E-state index is 14.0. The third kappa shape index (κ3) is 5.60. The summed E-state index contributed by atoms with van der Waals surface area (Å²) < 4.78 is 62.3. The summed E-state index contributed by atoms with van der Waals surface area (Å²) in [6.45, 7) is 3.44. The summed E-state index contributed by atoms with van der Waals surface area (Å²) in [6.07, 6.45) is 4.97. The van der Waals surface area contributed by atoms with Crippen LogP contribution >= 0.6 is 0 Å². The number of carbonyl (C=O) groups is 1. The van der Waals surface area contributed by atoms with Gasteiger partial charge in [-0.2, -0.15) is 5.10 Å². The van der Waals surface area contributed by atoms with E-state index in [-0.39, 0.29) is 42.4 Å². The van der Waals surface area contributed by atoms with E-state index in [0.29, 0.717) is 29.1 Å². The SMILES string of the molecule is CCS(=O)(=O)NCCn1cc(CC(=O)c2c(C)nc3c(OCc4c(F)cccc4F)cccn23)cn1. The molecule has 36 heavy (non-hydrogen) atoms. The molecule has 190 valence electrons. The number of hydrogen-bond donors (Lipinski definition) is 1. The zero-order valence-electron chi connectivity index (χ0n) is 19.7. The lowest BCUT2D eigenvalue weighted by Gasteiger charge is -2.09. The van der Waals surface area contributed by atoms with E-state index in [9.17, 15) is 22.0 Å². The molecular weight excluding hydrogens is 492 g/mol. The molecule has 0 bridgehead atoms. The highest BCUT2D eigenvalue weighted by atomic mass is 32.2. The monoisotopic (exact) mass is 517 g/mol. The number of halogens is 2. The molecule has 0 saturated carbocycles. The van der Waals surface area contributed by atoms with Crippen molar-refractivity contribution >= 4 is 21.5 Å². The first-order valence-electron chi connectivity index (χ1n) is 11.2. The summed E-state index contributed by atoms with van der Waals surface area (Å²) in [5, 5.41) is 4.19. The fraction of sp³-hybridized carbons (Fsp3) is 0.292. The normalized spacial score (nSPS) is 11.8. The van der Waals surface area contributed by atoms with E-state index in [1.165, 1.54) is 6.07 Å². The molecule has 3 heterocycles. The van der Waals surface area contributed by atoms with Gasteiger partial charge in [-0.3, -0.25) is 13.9 Å². The number of rotatable bonds is 11. The maximum Gasteiger partial charge on any atom is 0.211 e. The van der Waals surface area contributed by atoms with Gasteiger partial charge < -0.3 is 4.74 Å². The van der Waals surface area contributed by atoms with Crippen molar-refractivity contribution in [2.75, 3.05) is 12.3 Å². The number of sulfonamides is 1. The number of aryl methyl sites for hydroxylation is 1. The van der Waals surface area contributed by atoms with Crippen LogP contribution in [0.25, 0.3) is 5.65 Å². The number of benzene rings is 1. The number of ketones is 1. The molecule has 9 nitrogen and oxygen atoms in total. The van der Waals surface area contributed by atoms with Gasteiger partial charge in [-0.25, -0.2) is 26.9 Å². The van der Waals surface area contributed by atoms with E-state index in [1.54, 1.807) is 53.7 Å². The number of Topliss-reactive ketones (excluding diaryl/α,β-unsaturated/α-hetero) is 1. The average molecular weight is 518 g/mol. The van der Waals surface area contributed by atoms with Gasteiger partial charge in [0.1, 0.15) is 23.9 Å². The molecule has 4 aromatic rings. The fourth-order valence-electron chi connectivity index (χ4n) is 3.73. The Morgan fingerprint density at radius 2 is 1.92 bits per heavy atom. The number of fused-ring (bicyclic) bond motifs is 1. The Balaban J connectivity index is 1.48. The van der Waals surface area contributed by atoms with Crippen molar-refractivity contribution in [1.29, 1.82) is 0 Å². The minimum Gasteiger partial charge on any atom is -0.485 e. The molecule has 0 saturated heterocycles. The van der Waals surface area contributed by atoms with Gasteiger partial charge in [0, 0.05) is 25.4 Å². The van der Waals surface area contributed by atoms with Gasteiger partial charge in [0.25, 0.3) is 0 Å². The van der Waals surface area contributed by atoms with E-state index >= 15 is 0 Å². The van der Waals surface area contributed by atoms with Crippen molar-refractivity contribution in [3.8, 4) is 5.75 Å². The Hall–Kier alpha value is -3.64. The predicted molar refractivity (Wildman–Crippen MR) is 128 cm³/mol. The minimum atomic E-state index is -3.29. The van der Waals surface area contributed by atoms with Crippen LogP contribution in [0.5, 0.6) is 5.75 Å². The summed E-state index contributed by atoms with van der Waals surface area (Å²) in [5.41, 5.74) is 1.66. The van der Waals surface area contributed by atoms with Crippen molar-refractivity contribution in [3.63, 3.8) is 0 Å². The van der Waals surface area contributed by atoms with Crippen LogP contribution in [0.3, 0.4) is 0 Å². The molecule has 0 aliphatic heterocycles. The molecule has 0 unspecified atom stereocenters. The molecule has 4 rings (SSSR count). The molecule has 0 aliphatic rings. The molecule has 1 aromatic carbocycles. The fourth-order valence-corrected chi connectivity index (χ4v) is 4.34. The average Bonchev–Trinajstić information content (AvgIpc) is 3.42. The first-order valence-corrected chi connectivity index (χ1v) is 12.9. The van der Waals surface area contributed by atoms with Crippen molar-refractivity contribution in [2.45, 2.75) is 33.4 Å². The summed E-state index contributed by atoms with van der Waals surface area (Å²) in [6, 6.07) is 6.87. The Morgan fingerprint density at radius 3 is 2.64 bits per heavy atom. The van der Waals surface area contributed by atoms with Crippen molar-refractivity contribution in [3.05, 3.63) is 83.1 Å². The number of aromatic nitrogens is 4. The van der Waals surface area contributed by atoms with Crippen LogP contribution < -0.4 is 9.46 Å². The van der Waals surface area contributed by atoms with Crippen LogP contribution in [0.2, 0.25) is 0 Å². The van der Waals surface area contributed by atoms with E-state index < -0.39 is 21.7 Å². The summed E-state index contributed by atoms with van der Waals surface area (Å²) in [7, 11) is -3.29. The Morgan fingerprint density at radius 1 is 1.17 bits per heavy atom. The molecule has 0 aliphatic carbocycles. The maximum absolute atomic E-state index is 14.0. The number of carbonyl (C=O) groups excluding carboxylic acids is 1. The van der Waals surface area contributed by atoms with Gasteiger partial charge in [-0.15, -0.1) is 0 Å². The number of imidazole rings is 1. The summed E-state index contributed by atoms with van der Waals surface area (Å²) in [4.78, 5) is 17.6. The molecule has 0 atom stereocenters. The van der Waals surface area contributed by atoms with Crippen LogP contribution in [-0.2, 0) is 29.6 Å². The zero-order chi connectivity index (χ0) is 25.9. The van der Waals surface area contributed by atoms with Gasteiger partial charge in [0.15, 0.2) is 17.2 Å². The van der Waals surface area contributed by atoms with Gasteiger partial charge >= 0.3 is 0 Å². The number of nitrogens with zero attached hydrogens (tertiary/aromatic N) is 4. The second-order valence-corrected chi connectivity index (χ2v) is 10.2. The Bertz CT molecular complexity index is 1490. The largest absolute Gasteiger partial charge is 0.485 e. The van der Waals surface area contributed by atoms with Gasteiger partial charge in [0.05, 0.1) is 29.8 Å².